The summed E-state index contributed by atoms with van der Waals surface area (Å²) in [5, 5.41) is 14.4. The molecular weight excluding hydrogens is 279 g/mol. The number of aliphatic carboxylic acids is 1. The number of hydrogen-bond acceptors (Lipinski definition) is 3. The lowest BCUT2D eigenvalue weighted by atomic mass is 9.99. The van der Waals surface area contributed by atoms with Crippen molar-refractivity contribution in [2.24, 2.45) is 0 Å². The first-order valence-electron chi connectivity index (χ1n) is 5.73. The van der Waals surface area contributed by atoms with Crippen molar-refractivity contribution in [2.45, 2.75) is 38.5 Å². The van der Waals surface area contributed by atoms with Gasteiger partial charge in [-0.1, -0.05) is 6.92 Å². The normalized spacial score (nSPS) is 14.7. The fourth-order valence-electron chi connectivity index (χ4n) is 1.39. The number of carbonyl (C=O) groups is 2. The minimum atomic E-state index is -4.58. The lowest BCUT2D eigenvalue weighted by Gasteiger charge is -2.24. The van der Waals surface area contributed by atoms with Crippen molar-refractivity contribution in [3.05, 3.63) is 18.0 Å². The highest BCUT2D eigenvalue weighted by Gasteiger charge is 2.35. The summed E-state index contributed by atoms with van der Waals surface area (Å²) in [6.07, 6.45) is -3.44. The summed E-state index contributed by atoms with van der Waals surface area (Å²) in [6, 6.07) is 0.740. The predicted molar refractivity (Wildman–Crippen MR) is 61.7 cm³/mol. The molecule has 0 saturated carbocycles. The Hall–Kier alpha value is -2.06. The lowest BCUT2D eigenvalue weighted by Crippen LogP contribution is -2.52. The van der Waals surface area contributed by atoms with Gasteiger partial charge in [-0.3, -0.25) is 9.48 Å². The van der Waals surface area contributed by atoms with Gasteiger partial charge >= 0.3 is 12.1 Å². The molecular formula is C11H14F3N3O3. The minimum Gasteiger partial charge on any atom is -0.480 e. The molecule has 0 aliphatic rings. The molecule has 1 rings (SSSR count). The first kappa shape index (κ1) is 16.0. The molecule has 1 aromatic heterocycles. The maximum atomic E-state index is 12.3. The molecule has 0 fully saturated rings. The van der Waals surface area contributed by atoms with Gasteiger partial charge in [0.05, 0.1) is 0 Å². The van der Waals surface area contributed by atoms with E-state index in [1.165, 1.54) is 6.92 Å². The maximum Gasteiger partial charge on any atom is 0.435 e. The second kappa shape index (κ2) is 5.51. The number of nitrogens with zero attached hydrogens (tertiary/aromatic N) is 2. The largest absolute Gasteiger partial charge is 0.480 e. The van der Waals surface area contributed by atoms with Crippen molar-refractivity contribution >= 4 is 11.9 Å². The van der Waals surface area contributed by atoms with Gasteiger partial charge in [-0.15, -0.1) is 0 Å². The molecule has 6 nitrogen and oxygen atoms in total. The van der Waals surface area contributed by atoms with E-state index in [-0.39, 0.29) is 6.42 Å². The van der Waals surface area contributed by atoms with E-state index < -0.39 is 35.8 Å². The summed E-state index contributed by atoms with van der Waals surface area (Å²) >= 11 is 0. The lowest BCUT2D eigenvalue weighted by molar-refractivity contribution is -0.147. The molecule has 0 saturated heterocycles. The highest BCUT2D eigenvalue weighted by atomic mass is 19.4. The van der Waals surface area contributed by atoms with Crippen molar-refractivity contribution in [3.8, 4) is 0 Å². The second-order valence-electron chi connectivity index (χ2n) is 4.44. The number of carboxylic acids is 1. The summed E-state index contributed by atoms with van der Waals surface area (Å²) in [6.45, 7) is 2.40. The molecule has 1 aromatic rings. The third kappa shape index (κ3) is 3.72. The fourth-order valence-corrected chi connectivity index (χ4v) is 1.39. The van der Waals surface area contributed by atoms with E-state index >= 15 is 0 Å². The molecule has 1 heterocycles. The van der Waals surface area contributed by atoms with Gasteiger partial charge in [0, 0.05) is 6.20 Å². The zero-order valence-corrected chi connectivity index (χ0v) is 10.9. The number of carboxylic acid groups (broad SMARTS) is 1. The first-order valence-corrected chi connectivity index (χ1v) is 5.73. The van der Waals surface area contributed by atoms with E-state index in [9.17, 15) is 22.8 Å². The van der Waals surface area contributed by atoms with E-state index in [0.29, 0.717) is 0 Å². The smallest absolute Gasteiger partial charge is 0.435 e. The van der Waals surface area contributed by atoms with E-state index in [1.807, 2.05) is 0 Å². The number of hydrogen-bond donors (Lipinski definition) is 2. The monoisotopic (exact) mass is 293 g/mol. The second-order valence-corrected chi connectivity index (χ2v) is 4.44. The number of rotatable bonds is 5. The topological polar surface area (TPSA) is 84.2 Å². The molecule has 0 aromatic carbocycles. The summed E-state index contributed by atoms with van der Waals surface area (Å²) < 4.78 is 37.8. The molecule has 9 heteroatoms. The Balaban J connectivity index is 2.72. The van der Waals surface area contributed by atoms with E-state index in [1.54, 1.807) is 6.92 Å². The molecule has 1 unspecified atom stereocenters. The van der Waals surface area contributed by atoms with Crippen LogP contribution in [0.4, 0.5) is 13.2 Å². The minimum absolute atomic E-state index is 0.140. The Morgan fingerprint density at radius 3 is 2.45 bits per heavy atom. The maximum absolute atomic E-state index is 12.3. The van der Waals surface area contributed by atoms with Gasteiger partial charge in [0.25, 0.3) is 0 Å². The van der Waals surface area contributed by atoms with Gasteiger partial charge in [0.1, 0.15) is 12.1 Å². The van der Waals surface area contributed by atoms with Crippen LogP contribution < -0.4 is 5.32 Å². The average Bonchev–Trinajstić information content (AvgIpc) is 2.76. The Kier molecular flexibility index (Phi) is 4.41. The van der Waals surface area contributed by atoms with Crippen molar-refractivity contribution in [3.63, 3.8) is 0 Å². The van der Waals surface area contributed by atoms with Crippen LogP contribution in [0.5, 0.6) is 0 Å². The van der Waals surface area contributed by atoms with Crippen LogP contribution in [0.3, 0.4) is 0 Å². The summed E-state index contributed by atoms with van der Waals surface area (Å²) in [5.41, 5.74) is -2.57. The number of amides is 1. The van der Waals surface area contributed by atoms with Crippen LogP contribution in [0.2, 0.25) is 0 Å². The zero-order chi connectivity index (χ0) is 15.6. The highest BCUT2D eigenvalue weighted by molar-refractivity contribution is 5.86. The number of carbonyl (C=O) groups excluding carboxylic acids is 1. The molecule has 0 aliphatic carbocycles. The number of aromatic nitrogens is 2. The highest BCUT2D eigenvalue weighted by Crippen LogP contribution is 2.27. The van der Waals surface area contributed by atoms with Gasteiger partial charge in [-0.05, 0) is 19.4 Å². The molecule has 0 aliphatic heterocycles. The van der Waals surface area contributed by atoms with E-state index in [0.717, 1.165) is 16.9 Å². The Morgan fingerprint density at radius 2 is 2.05 bits per heavy atom. The zero-order valence-electron chi connectivity index (χ0n) is 10.9. The summed E-state index contributed by atoms with van der Waals surface area (Å²) in [7, 11) is 0. The first-order chi connectivity index (χ1) is 9.08. The Bertz CT molecular complexity index is 513. The van der Waals surface area contributed by atoms with Crippen molar-refractivity contribution in [1.82, 2.24) is 15.1 Å². The molecule has 0 radical (unpaired) electrons. The predicted octanol–water partition coefficient (Wildman–Crippen LogP) is 1.27. The summed E-state index contributed by atoms with van der Waals surface area (Å²) in [5.74, 6) is -1.95. The fraction of sp³-hybridized carbons (Fsp3) is 0.545. The number of halogens is 3. The van der Waals surface area contributed by atoms with Gasteiger partial charge in [-0.2, -0.15) is 18.3 Å². The van der Waals surface area contributed by atoms with Crippen LogP contribution in [0, 0.1) is 0 Å². The molecule has 1 atom stereocenters. The van der Waals surface area contributed by atoms with E-state index in [4.69, 9.17) is 5.11 Å². The van der Waals surface area contributed by atoms with Gasteiger partial charge in [0.2, 0.25) is 5.91 Å². The number of nitrogens with one attached hydrogen (secondary N) is 1. The molecule has 0 bridgehead atoms. The van der Waals surface area contributed by atoms with Crippen LogP contribution in [0.25, 0.3) is 0 Å². The van der Waals surface area contributed by atoms with Gasteiger partial charge in [0.15, 0.2) is 5.69 Å². The molecule has 20 heavy (non-hydrogen) atoms. The Labute approximate surface area is 112 Å². The van der Waals surface area contributed by atoms with Crippen LogP contribution in [-0.4, -0.2) is 32.3 Å². The average molecular weight is 293 g/mol. The van der Waals surface area contributed by atoms with Crippen molar-refractivity contribution in [2.75, 3.05) is 0 Å². The van der Waals surface area contributed by atoms with Crippen LogP contribution in [0.1, 0.15) is 26.0 Å². The van der Waals surface area contributed by atoms with Crippen LogP contribution >= 0.6 is 0 Å². The molecule has 0 spiro atoms. The Morgan fingerprint density at radius 1 is 1.45 bits per heavy atom. The quantitative estimate of drug-likeness (QED) is 0.856. The van der Waals surface area contributed by atoms with Crippen LogP contribution in [0.15, 0.2) is 12.3 Å². The number of alkyl halides is 3. The molecule has 1 amide bonds. The van der Waals surface area contributed by atoms with E-state index in [2.05, 4.69) is 10.4 Å². The third-order valence-electron chi connectivity index (χ3n) is 2.83. The van der Waals surface area contributed by atoms with Crippen molar-refractivity contribution in [1.29, 1.82) is 0 Å². The van der Waals surface area contributed by atoms with Crippen molar-refractivity contribution < 1.29 is 27.9 Å². The molecule has 112 valence electrons. The standard InChI is InChI=1S/C11H14F3N3O3/c1-3-10(2,9(19)20)15-8(18)6-17-5-4-7(16-17)11(12,13)14/h4-5H,3,6H2,1-2H3,(H,15,18)(H,19,20). The van der Waals surface area contributed by atoms with Gasteiger partial charge in [-0.25, -0.2) is 4.79 Å². The SMILES string of the molecule is CCC(C)(NC(=O)Cn1ccc(C(F)(F)F)n1)C(=O)O. The van der Waals surface area contributed by atoms with Gasteiger partial charge < -0.3 is 10.4 Å². The third-order valence-corrected chi connectivity index (χ3v) is 2.83. The summed E-state index contributed by atoms with van der Waals surface area (Å²) in [4.78, 5) is 22.6. The molecule has 2 N–H and O–H groups in total. The van der Waals surface area contributed by atoms with Crippen LogP contribution in [-0.2, 0) is 22.3 Å².